The molecule has 0 bridgehead atoms. The molecule has 0 radical (unpaired) electrons. The van der Waals surface area contributed by atoms with Crippen LogP contribution in [0.1, 0.15) is 18.7 Å². The Morgan fingerprint density at radius 2 is 2.25 bits per heavy atom. The van der Waals surface area contributed by atoms with Gasteiger partial charge in [0.1, 0.15) is 0 Å². The number of aromatic nitrogens is 3. The zero-order valence-electron chi connectivity index (χ0n) is 9.37. The zero-order valence-corrected chi connectivity index (χ0v) is 9.37. The number of hydrogen-bond acceptors (Lipinski definition) is 3. The van der Waals surface area contributed by atoms with Crippen molar-refractivity contribution < 1.29 is 0 Å². The minimum atomic E-state index is 0.275. The van der Waals surface area contributed by atoms with Crippen LogP contribution >= 0.6 is 0 Å². The SMILES string of the molecule is CC(NCCn1cccn1)c1ccccn1. The van der Waals surface area contributed by atoms with Crippen LogP contribution in [0.4, 0.5) is 0 Å². The van der Waals surface area contributed by atoms with Gasteiger partial charge in [0, 0.05) is 31.2 Å². The first-order valence-corrected chi connectivity index (χ1v) is 5.48. The molecule has 2 aromatic heterocycles. The summed E-state index contributed by atoms with van der Waals surface area (Å²) in [4.78, 5) is 4.31. The molecule has 0 aliphatic carbocycles. The van der Waals surface area contributed by atoms with E-state index in [9.17, 15) is 0 Å². The molecule has 0 spiro atoms. The highest BCUT2D eigenvalue weighted by molar-refractivity contribution is 5.07. The van der Waals surface area contributed by atoms with Crippen LogP contribution in [0.2, 0.25) is 0 Å². The topological polar surface area (TPSA) is 42.7 Å². The van der Waals surface area contributed by atoms with Gasteiger partial charge in [-0.2, -0.15) is 5.10 Å². The molecule has 16 heavy (non-hydrogen) atoms. The molecule has 4 nitrogen and oxygen atoms in total. The van der Waals surface area contributed by atoms with Crippen LogP contribution in [0.15, 0.2) is 42.9 Å². The van der Waals surface area contributed by atoms with Gasteiger partial charge in [-0.25, -0.2) is 0 Å². The minimum Gasteiger partial charge on any atom is -0.307 e. The van der Waals surface area contributed by atoms with Crippen molar-refractivity contribution in [1.82, 2.24) is 20.1 Å². The lowest BCUT2D eigenvalue weighted by molar-refractivity contribution is 0.501. The summed E-state index contributed by atoms with van der Waals surface area (Å²) < 4.78 is 1.91. The standard InChI is InChI=1S/C12H16N4/c1-11(12-5-2-3-6-14-12)13-8-10-16-9-4-7-15-16/h2-7,9,11,13H,8,10H2,1H3. The van der Waals surface area contributed by atoms with Crippen LogP contribution in [0.25, 0.3) is 0 Å². The average molecular weight is 216 g/mol. The molecule has 0 saturated carbocycles. The maximum Gasteiger partial charge on any atom is 0.0570 e. The van der Waals surface area contributed by atoms with E-state index in [-0.39, 0.29) is 6.04 Å². The lowest BCUT2D eigenvalue weighted by Crippen LogP contribution is -2.24. The fourth-order valence-corrected chi connectivity index (χ4v) is 1.57. The van der Waals surface area contributed by atoms with E-state index in [4.69, 9.17) is 0 Å². The van der Waals surface area contributed by atoms with Crippen molar-refractivity contribution in [3.8, 4) is 0 Å². The van der Waals surface area contributed by atoms with Crippen molar-refractivity contribution in [2.24, 2.45) is 0 Å². The Balaban J connectivity index is 1.78. The summed E-state index contributed by atoms with van der Waals surface area (Å²) in [6.45, 7) is 3.88. The maximum atomic E-state index is 4.31. The average Bonchev–Trinajstić information content (AvgIpc) is 2.83. The molecule has 1 atom stereocenters. The van der Waals surface area contributed by atoms with Gasteiger partial charge in [-0.3, -0.25) is 9.67 Å². The molecule has 84 valence electrons. The molecule has 4 heteroatoms. The Hall–Kier alpha value is -1.68. The molecule has 1 N–H and O–H groups in total. The molecule has 2 heterocycles. The molecule has 0 aliphatic rings. The molecule has 0 aromatic carbocycles. The maximum absolute atomic E-state index is 4.31. The van der Waals surface area contributed by atoms with Gasteiger partial charge in [0.15, 0.2) is 0 Å². The van der Waals surface area contributed by atoms with Crippen LogP contribution in [0, 0.1) is 0 Å². The fourth-order valence-electron chi connectivity index (χ4n) is 1.57. The van der Waals surface area contributed by atoms with Gasteiger partial charge in [0.2, 0.25) is 0 Å². The summed E-state index contributed by atoms with van der Waals surface area (Å²) in [5.74, 6) is 0. The lowest BCUT2D eigenvalue weighted by Gasteiger charge is -2.12. The number of rotatable bonds is 5. The molecule has 1 unspecified atom stereocenters. The van der Waals surface area contributed by atoms with Crippen LogP contribution < -0.4 is 5.32 Å². The molecule has 2 aromatic rings. The number of hydrogen-bond donors (Lipinski definition) is 1. The summed E-state index contributed by atoms with van der Waals surface area (Å²) in [7, 11) is 0. The van der Waals surface area contributed by atoms with Crippen LogP contribution in [0.3, 0.4) is 0 Å². The van der Waals surface area contributed by atoms with E-state index in [2.05, 4.69) is 22.3 Å². The van der Waals surface area contributed by atoms with Gasteiger partial charge in [0.25, 0.3) is 0 Å². The second-order valence-corrected chi connectivity index (χ2v) is 3.70. The van der Waals surface area contributed by atoms with Crippen LogP contribution in [-0.2, 0) is 6.54 Å². The van der Waals surface area contributed by atoms with E-state index in [0.29, 0.717) is 0 Å². The molecule has 0 saturated heterocycles. The predicted molar refractivity (Wildman–Crippen MR) is 62.9 cm³/mol. The van der Waals surface area contributed by atoms with E-state index in [1.54, 1.807) is 6.20 Å². The molecular formula is C12H16N4. The Bertz CT molecular complexity index is 396. The normalized spacial score (nSPS) is 12.6. The number of nitrogens with one attached hydrogen (secondary N) is 1. The molecule has 0 fully saturated rings. The monoisotopic (exact) mass is 216 g/mol. The van der Waals surface area contributed by atoms with Crippen molar-refractivity contribution >= 4 is 0 Å². The third-order valence-electron chi connectivity index (χ3n) is 2.48. The van der Waals surface area contributed by atoms with E-state index in [1.165, 1.54) is 0 Å². The fraction of sp³-hybridized carbons (Fsp3) is 0.333. The second kappa shape index (κ2) is 5.42. The van der Waals surface area contributed by atoms with Crippen LogP contribution in [0.5, 0.6) is 0 Å². The highest BCUT2D eigenvalue weighted by atomic mass is 15.3. The largest absolute Gasteiger partial charge is 0.307 e. The first kappa shape index (κ1) is 10.8. The Morgan fingerprint density at radius 3 is 2.94 bits per heavy atom. The van der Waals surface area contributed by atoms with Gasteiger partial charge in [-0.1, -0.05) is 6.07 Å². The predicted octanol–water partition coefficient (Wildman–Crippen LogP) is 1.63. The lowest BCUT2D eigenvalue weighted by atomic mass is 10.2. The number of nitrogens with zero attached hydrogens (tertiary/aromatic N) is 3. The number of pyridine rings is 1. The Morgan fingerprint density at radius 1 is 1.31 bits per heavy atom. The van der Waals surface area contributed by atoms with Crippen molar-refractivity contribution in [3.05, 3.63) is 48.5 Å². The molecule has 0 aliphatic heterocycles. The molecule has 0 amide bonds. The molecular weight excluding hydrogens is 200 g/mol. The van der Waals surface area contributed by atoms with Crippen molar-refractivity contribution in [1.29, 1.82) is 0 Å². The van der Waals surface area contributed by atoms with E-state index in [1.807, 2.05) is 41.3 Å². The summed E-state index contributed by atoms with van der Waals surface area (Å²) >= 11 is 0. The quantitative estimate of drug-likeness (QED) is 0.826. The third kappa shape index (κ3) is 2.90. The Labute approximate surface area is 95.3 Å². The van der Waals surface area contributed by atoms with E-state index in [0.717, 1.165) is 18.8 Å². The second-order valence-electron chi connectivity index (χ2n) is 3.70. The van der Waals surface area contributed by atoms with Gasteiger partial charge >= 0.3 is 0 Å². The molecule has 2 rings (SSSR count). The van der Waals surface area contributed by atoms with Gasteiger partial charge in [-0.15, -0.1) is 0 Å². The highest BCUT2D eigenvalue weighted by Gasteiger charge is 2.04. The van der Waals surface area contributed by atoms with Gasteiger partial charge < -0.3 is 5.32 Å². The van der Waals surface area contributed by atoms with Crippen LogP contribution in [-0.4, -0.2) is 21.3 Å². The Kier molecular flexibility index (Phi) is 3.66. The van der Waals surface area contributed by atoms with Crippen molar-refractivity contribution in [2.45, 2.75) is 19.5 Å². The zero-order chi connectivity index (χ0) is 11.2. The summed E-state index contributed by atoms with van der Waals surface area (Å²) in [5.41, 5.74) is 1.07. The van der Waals surface area contributed by atoms with Gasteiger partial charge in [0.05, 0.1) is 12.2 Å². The van der Waals surface area contributed by atoms with E-state index < -0.39 is 0 Å². The summed E-state index contributed by atoms with van der Waals surface area (Å²) in [5, 5.41) is 7.56. The minimum absolute atomic E-state index is 0.275. The smallest absolute Gasteiger partial charge is 0.0570 e. The summed E-state index contributed by atoms with van der Waals surface area (Å²) in [6.07, 6.45) is 5.58. The first-order valence-electron chi connectivity index (χ1n) is 5.48. The van der Waals surface area contributed by atoms with E-state index >= 15 is 0 Å². The van der Waals surface area contributed by atoms with Crippen molar-refractivity contribution in [3.63, 3.8) is 0 Å². The third-order valence-corrected chi connectivity index (χ3v) is 2.48. The first-order chi connectivity index (χ1) is 7.86. The van der Waals surface area contributed by atoms with Crippen molar-refractivity contribution in [2.75, 3.05) is 6.54 Å². The highest BCUT2D eigenvalue weighted by Crippen LogP contribution is 2.06. The summed E-state index contributed by atoms with van der Waals surface area (Å²) in [6, 6.07) is 8.18. The van der Waals surface area contributed by atoms with Gasteiger partial charge in [-0.05, 0) is 25.1 Å².